The average molecular weight is 349 g/mol. The molecule has 1 heterocycles. The third-order valence-corrected chi connectivity index (χ3v) is 4.41. The molecule has 0 aliphatic rings. The van der Waals surface area contributed by atoms with Gasteiger partial charge in [-0.25, -0.2) is 4.68 Å². The van der Waals surface area contributed by atoms with Crippen LogP contribution >= 0.6 is 0 Å². The Bertz CT molecular complexity index is 844. The first-order valence-electron chi connectivity index (χ1n) is 8.75. The van der Waals surface area contributed by atoms with Gasteiger partial charge in [-0.3, -0.25) is 4.79 Å². The second-order valence-corrected chi connectivity index (χ2v) is 6.05. The van der Waals surface area contributed by atoms with Crippen LogP contribution in [-0.2, 0) is 0 Å². The smallest absolute Gasteiger partial charge is 0.275 e. The Morgan fingerprint density at radius 2 is 1.77 bits per heavy atom. The zero-order valence-corrected chi connectivity index (χ0v) is 15.1. The Hall–Kier alpha value is -3.08. The number of nitrogens with one attached hydrogen (secondary N) is 1. The van der Waals surface area contributed by atoms with E-state index in [4.69, 9.17) is 4.74 Å². The summed E-state index contributed by atoms with van der Waals surface area (Å²) in [6.45, 7) is 2.68. The molecule has 134 valence electrons. The van der Waals surface area contributed by atoms with Gasteiger partial charge in [0, 0.05) is 12.5 Å². The highest BCUT2D eigenvalue weighted by molar-refractivity contribution is 5.95. The second kappa shape index (κ2) is 8.34. The maximum absolute atomic E-state index is 12.7. The standard InChI is InChI=1S/C21H23N3O2/c1-3-16(17-10-6-4-7-11-17)14-22-21(25)20-19(26-2)15-24(23-20)18-12-8-5-9-13-18/h4-13,15-16H,3,14H2,1-2H3,(H,22,25)/t16-/m0/s1. The van der Waals surface area contributed by atoms with E-state index in [9.17, 15) is 4.79 Å². The quantitative estimate of drug-likeness (QED) is 0.706. The number of carbonyl (C=O) groups excluding carboxylic acids is 1. The Kier molecular flexibility index (Phi) is 5.69. The molecule has 5 nitrogen and oxygen atoms in total. The summed E-state index contributed by atoms with van der Waals surface area (Å²) in [5.74, 6) is 0.493. The van der Waals surface area contributed by atoms with Crippen LogP contribution in [0.5, 0.6) is 5.75 Å². The fraction of sp³-hybridized carbons (Fsp3) is 0.238. The summed E-state index contributed by atoms with van der Waals surface area (Å²) in [6.07, 6.45) is 2.67. The fourth-order valence-corrected chi connectivity index (χ4v) is 2.90. The molecule has 2 aromatic carbocycles. The molecule has 1 atom stereocenters. The van der Waals surface area contributed by atoms with E-state index in [1.54, 1.807) is 18.0 Å². The van der Waals surface area contributed by atoms with Crippen LogP contribution in [0.3, 0.4) is 0 Å². The monoisotopic (exact) mass is 349 g/mol. The molecule has 0 aliphatic heterocycles. The van der Waals surface area contributed by atoms with Crippen molar-refractivity contribution in [1.29, 1.82) is 0 Å². The first-order chi connectivity index (χ1) is 12.7. The molecule has 0 saturated carbocycles. The summed E-state index contributed by atoms with van der Waals surface area (Å²) < 4.78 is 7.00. The number of carbonyl (C=O) groups is 1. The molecule has 0 fully saturated rings. The highest BCUT2D eigenvalue weighted by Crippen LogP contribution is 2.21. The highest BCUT2D eigenvalue weighted by Gasteiger charge is 2.19. The lowest BCUT2D eigenvalue weighted by Gasteiger charge is -2.15. The molecule has 0 radical (unpaired) electrons. The minimum Gasteiger partial charge on any atom is -0.493 e. The Labute approximate surface area is 153 Å². The maximum Gasteiger partial charge on any atom is 0.275 e. The van der Waals surface area contributed by atoms with Crippen molar-refractivity contribution < 1.29 is 9.53 Å². The van der Waals surface area contributed by atoms with Crippen molar-refractivity contribution in [2.75, 3.05) is 13.7 Å². The molecule has 0 bridgehead atoms. The van der Waals surface area contributed by atoms with E-state index in [1.165, 1.54) is 5.56 Å². The molecule has 0 spiro atoms. The molecule has 3 aromatic rings. The van der Waals surface area contributed by atoms with Gasteiger partial charge in [0.2, 0.25) is 0 Å². The first kappa shape index (κ1) is 17.7. The summed E-state index contributed by atoms with van der Waals surface area (Å²) in [4.78, 5) is 12.7. The molecule has 0 saturated heterocycles. The van der Waals surface area contributed by atoms with Gasteiger partial charge < -0.3 is 10.1 Å². The number of aromatic nitrogens is 2. The van der Waals surface area contributed by atoms with Crippen LogP contribution < -0.4 is 10.1 Å². The van der Waals surface area contributed by atoms with E-state index >= 15 is 0 Å². The van der Waals surface area contributed by atoms with E-state index < -0.39 is 0 Å². The maximum atomic E-state index is 12.7. The number of para-hydroxylation sites is 1. The fourth-order valence-electron chi connectivity index (χ4n) is 2.90. The van der Waals surface area contributed by atoms with E-state index in [-0.39, 0.29) is 11.8 Å². The molecule has 3 rings (SSSR count). The zero-order chi connectivity index (χ0) is 18.4. The summed E-state index contributed by atoms with van der Waals surface area (Å²) >= 11 is 0. The van der Waals surface area contributed by atoms with Crippen LogP contribution in [0, 0.1) is 0 Å². The molecule has 0 aliphatic carbocycles. The largest absolute Gasteiger partial charge is 0.493 e. The molecular formula is C21H23N3O2. The second-order valence-electron chi connectivity index (χ2n) is 6.05. The summed E-state index contributed by atoms with van der Waals surface area (Å²) in [5, 5.41) is 7.40. The minimum absolute atomic E-state index is 0.231. The third kappa shape index (κ3) is 3.94. The van der Waals surface area contributed by atoms with E-state index in [2.05, 4.69) is 29.5 Å². The zero-order valence-electron chi connectivity index (χ0n) is 15.1. The van der Waals surface area contributed by atoms with Crippen LogP contribution in [-0.4, -0.2) is 29.3 Å². The summed E-state index contributed by atoms with van der Waals surface area (Å²) in [7, 11) is 1.54. The molecule has 1 amide bonds. The summed E-state index contributed by atoms with van der Waals surface area (Å²) in [5.41, 5.74) is 2.39. The number of hydrogen-bond donors (Lipinski definition) is 1. The first-order valence-corrected chi connectivity index (χ1v) is 8.75. The highest BCUT2D eigenvalue weighted by atomic mass is 16.5. The predicted molar refractivity (Wildman–Crippen MR) is 102 cm³/mol. The Morgan fingerprint density at radius 1 is 1.12 bits per heavy atom. The molecule has 1 N–H and O–H groups in total. The van der Waals surface area contributed by atoms with Crippen molar-refractivity contribution in [1.82, 2.24) is 15.1 Å². The van der Waals surface area contributed by atoms with Crippen molar-refractivity contribution in [2.24, 2.45) is 0 Å². The van der Waals surface area contributed by atoms with Crippen LogP contribution in [0.2, 0.25) is 0 Å². The van der Waals surface area contributed by atoms with E-state index in [1.807, 2.05) is 48.5 Å². The number of methoxy groups -OCH3 is 1. The van der Waals surface area contributed by atoms with Crippen molar-refractivity contribution in [3.05, 3.63) is 78.1 Å². The van der Waals surface area contributed by atoms with Gasteiger partial charge in [-0.2, -0.15) is 5.10 Å². The van der Waals surface area contributed by atoms with Crippen molar-refractivity contribution in [3.63, 3.8) is 0 Å². The van der Waals surface area contributed by atoms with Gasteiger partial charge in [0.05, 0.1) is 19.0 Å². The number of rotatable bonds is 7. The van der Waals surface area contributed by atoms with Gasteiger partial charge in [0.1, 0.15) is 0 Å². The van der Waals surface area contributed by atoms with Crippen molar-refractivity contribution in [2.45, 2.75) is 19.3 Å². The van der Waals surface area contributed by atoms with E-state index in [0.717, 1.165) is 12.1 Å². The van der Waals surface area contributed by atoms with Gasteiger partial charge in [-0.1, -0.05) is 55.5 Å². The number of benzene rings is 2. The number of nitrogens with zero attached hydrogens (tertiary/aromatic N) is 2. The topological polar surface area (TPSA) is 56.2 Å². The molecular weight excluding hydrogens is 326 g/mol. The van der Waals surface area contributed by atoms with Crippen LogP contribution in [0.15, 0.2) is 66.9 Å². The number of ether oxygens (including phenoxy) is 1. The van der Waals surface area contributed by atoms with Crippen LogP contribution in [0.25, 0.3) is 5.69 Å². The van der Waals surface area contributed by atoms with Crippen LogP contribution in [0.4, 0.5) is 0 Å². The predicted octanol–water partition coefficient (Wildman–Crippen LogP) is 3.80. The number of hydrogen-bond acceptors (Lipinski definition) is 3. The van der Waals surface area contributed by atoms with Gasteiger partial charge in [0.25, 0.3) is 5.91 Å². The molecule has 5 heteroatoms. The molecule has 26 heavy (non-hydrogen) atoms. The number of amides is 1. The van der Waals surface area contributed by atoms with E-state index in [0.29, 0.717) is 18.0 Å². The minimum atomic E-state index is -0.231. The van der Waals surface area contributed by atoms with Gasteiger partial charge in [-0.15, -0.1) is 0 Å². The molecule has 0 unspecified atom stereocenters. The lowest BCUT2D eigenvalue weighted by Crippen LogP contribution is -2.29. The normalized spacial score (nSPS) is 11.8. The lowest BCUT2D eigenvalue weighted by atomic mass is 9.96. The average Bonchev–Trinajstić information content (AvgIpc) is 3.14. The summed E-state index contributed by atoms with van der Waals surface area (Å²) in [6, 6.07) is 19.9. The lowest BCUT2D eigenvalue weighted by molar-refractivity contribution is 0.0942. The van der Waals surface area contributed by atoms with Crippen molar-refractivity contribution in [3.8, 4) is 11.4 Å². The molecule has 1 aromatic heterocycles. The van der Waals surface area contributed by atoms with Crippen molar-refractivity contribution >= 4 is 5.91 Å². The van der Waals surface area contributed by atoms with Gasteiger partial charge in [-0.05, 0) is 24.1 Å². The SMILES string of the molecule is CC[C@@H](CNC(=O)c1nn(-c2ccccc2)cc1OC)c1ccccc1. The Balaban J connectivity index is 1.74. The van der Waals surface area contributed by atoms with Crippen LogP contribution in [0.1, 0.15) is 35.3 Å². The van der Waals surface area contributed by atoms with Gasteiger partial charge in [0.15, 0.2) is 11.4 Å². The Morgan fingerprint density at radius 3 is 2.38 bits per heavy atom. The van der Waals surface area contributed by atoms with Gasteiger partial charge >= 0.3 is 0 Å². The third-order valence-electron chi connectivity index (χ3n) is 4.41.